The molecule has 0 aliphatic rings. The number of nitrogens with one attached hydrogen (secondary N) is 2. The highest BCUT2D eigenvalue weighted by Crippen LogP contribution is 2.43. The van der Waals surface area contributed by atoms with E-state index in [1.54, 1.807) is 22.7 Å². The fraction of sp³-hybridized carbons (Fsp3) is 0. The molecule has 4 aromatic heterocycles. The maximum atomic E-state index is 4.73. The first-order valence-electron chi connectivity index (χ1n) is 6.98. The van der Waals surface area contributed by atoms with Crippen molar-refractivity contribution in [2.75, 3.05) is 0 Å². The van der Waals surface area contributed by atoms with Crippen LogP contribution in [0, 0.1) is 0 Å². The van der Waals surface area contributed by atoms with Gasteiger partial charge in [0, 0.05) is 33.8 Å². The Morgan fingerprint density at radius 2 is 1.68 bits per heavy atom. The first kappa shape index (κ1) is 12.2. The average Bonchev–Trinajstić information content (AvgIpc) is 3.29. The molecule has 106 valence electrons. The molecule has 0 aliphatic heterocycles. The van der Waals surface area contributed by atoms with Gasteiger partial charge < -0.3 is 9.97 Å². The van der Waals surface area contributed by atoms with Gasteiger partial charge in [-0.1, -0.05) is 12.1 Å². The molecule has 1 aromatic carbocycles. The van der Waals surface area contributed by atoms with Crippen LogP contribution in [0.4, 0.5) is 0 Å². The van der Waals surface area contributed by atoms with Crippen LogP contribution in [0.15, 0.2) is 53.4 Å². The third-order valence-electron chi connectivity index (χ3n) is 3.82. The number of H-pyrrole nitrogens is 2. The first-order valence-corrected chi connectivity index (χ1v) is 8.73. The summed E-state index contributed by atoms with van der Waals surface area (Å²) in [6.45, 7) is 0. The number of aromatic nitrogens is 3. The Bertz CT molecular complexity index is 1050. The van der Waals surface area contributed by atoms with E-state index in [-0.39, 0.29) is 0 Å². The molecule has 4 heterocycles. The van der Waals surface area contributed by atoms with Crippen LogP contribution < -0.4 is 0 Å². The number of aromatic amines is 2. The second kappa shape index (κ2) is 4.56. The predicted octanol–water partition coefficient (Wildman–Crippen LogP) is 5.50. The number of para-hydroxylation sites is 2. The molecule has 5 heteroatoms. The van der Waals surface area contributed by atoms with E-state index in [1.165, 1.54) is 26.2 Å². The van der Waals surface area contributed by atoms with Crippen molar-refractivity contribution in [3.05, 3.63) is 53.4 Å². The summed E-state index contributed by atoms with van der Waals surface area (Å²) in [7, 11) is 0. The molecule has 3 nitrogen and oxygen atoms in total. The van der Waals surface area contributed by atoms with E-state index in [9.17, 15) is 0 Å². The van der Waals surface area contributed by atoms with Crippen LogP contribution in [0.3, 0.4) is 0 Å². The van der Waals surface area contributed by atoms with Crippen molar-refractivity contribution in [1.29, 1.82) is 0 Å². The van der Waals surface area contributed by atoms with Crippen molar-refractivity contribution in [1.82, 2.24) is 15.0 Å². The van der Waals surface area contributed by atoms with E-state index in [0.29, 0.717) is 0 Å². The van der Waals surface area contributed by atoms with E-state index < -0.39 is 0 Å². The van der Waals surface area contributed by atoms with Gasteiger partial charge in [-0.05, 0) is 24.3 Å². The van der Waals surface area contributed by atoms with E-state index >= 15 is 0 Å². The van der Waals surface area contributed by atoms with Gasteiger partial charge in [0.25, 0.3) is 0 Å². The molecule has 0 unspecified atom stereocenters. The normalized spacial score (nSPS) is 11.6. The van der Waals surface area contributed by atoms with Crippen molar-refractivity contribution >= 4 is 43.1 Å². The van der Waals surface area contributed by atoms with E-state index in [0.717, 1.165) is 16.9 Å². The Kier molecular flexibility index (Phi) is 2.53. The predicted molar refractivity (Wildman–Crippen MR) is 94.6 cm³/mol. The molecule has 5 rings (SSSR count). The summed E-state index contributed by atoms with van der Waals surface area (Å²) in [4.78, 5) is 11.4. The molecule has 5 aromatic rings. The topological polar surface area (TPSA) is 44.5 Å². The van der Waals surface area contributed by atoms with Gasteiger partial charge in [0.05, 0.1) is 20.4 Å². The Balaban J connectivity index is 1.72. The molecular weight excluding hydrogens is 310 g/mol. The lowest BCUT2D eigenvalue weighted by Crippen LogP contribution is -1.75. The molecule has 0 spiro atoms. The maximum absolute atomic E-state index is 4.73. The van der Waals surface area contributed by atoms with Crippen molar-refractivity contribution in [2.24, 2.45) is 0 Å². The Morgan fingerprint density at radius 3 is 2.50 bits per heavy atom. The van der Waals surface area contributed by atoms with Gasteiger partial charge in [-0.15, -0.1) is 22.7 Å². The number of benzene rings is 1. The summed E-state index contributed by atoms with van der Waals surface area (Å²) >= 11 is 3.56. The summed E-state index contributed by atoms with van der Waals surface area (Å²) in [6, 6.07) is 12.3. The first-order chi connectivity index (χ1) is 10.9. The standard InChI is InChI=1S/C17H11N3S2/c1-2-5-14-13(4-1)19-17(20-14)11-9-22-15-10(8-21-16(11)15)12-6-3-7-18-12/h1-9,18H,(H,19,20). The van der Waals surface area contributed by atoms with Crippen LogP contribution in [0.5, 0.6) is 0 Å². The zero-order chi connectivity index (χ0) is 14.5. The molecule has 0 saturated heterocycles. The minimum Gasteiger partial charge on any atom is -0.361 e. The Hall–Kier alpha value is -2.37. The molecule has 0 aliphatic carbocycles. The monoisotopic (exact) mass is 321 g/mol. The van der Waals surface area contributed by atoms with Gasteiger partial charge in [-0.25, -0.2) is 4.98 Å². The SMILES string of the molecule is c1c[nH]c(-c2csc3c(-c4nc5ccccc5[nH]4)csc23)c1. The number of nitrogens with zero attached hydrogens (tertiary/aromatic N) is 1. The van der Waals surface area contributed by atoms with Crippen LogP contribution >= 0.6 is 22.7 Å². The molecule has 0 atom stereocenters. The lowest BCUT2D eigenvalue weighted by molar-refractivity contribution is 1.35. The van der Waals surface area contributed by atoms with Gasteiger partial charge in [-0.3, -0.25) is 0 Å². The fourth-order valence-corrected chi connectivity index (χ4v) is 5.14. The van der Waals surface area contributed by atoms with Crippen molar-refractivity contribution in [3.63, 3.8) is 0 Å². The van der Waals surface area contributed by atoms with E-state index in [1.807, 2.05) is 30.5 Å². The molecule has 2 N–H and O–H groups in total. The van der Waals surface area contributed by atoms with E-state index in [2.05, 4.69) is 32.9 Å². The van der Waals surface area contributed by atoms with Gasteiger partial charge in [-0.2, -0.15) is 0 Å². The molecule has 0 fully saturated rings. The highest BCUT2D eigenvalue weighted by atomic mass is 32.1. The maximum Gasteiger partial charge on any atom is 0.140 e. The van der Waals surface area contributed by atoms with E-state index in [4.69, 9.17) is 4.98 Å². The number of hydrogen-bond donors (Lipinski definition) is 2. The van der Waals surface area contributed by atoms with Gasteiger partial charge in [0.1, 0.15) is 5.82 Å². The van der Waals surface area contributed by atoms with Crippen LogP contribution in [0.25, 0.3) is 43.1 Å². The van der Waals surface area contributed by atoms with Crippen LogP contribution in [-0.2, 0) is 0 Å². The molecule has 0 amide bonds. The quantitative estimate of drug-likeness (QED) is 0.443. The minimum absolute atomic E-state index is 0.951. The summed E-state index contributed by atoms with van der Waals surface area (Å²) in [5, 5.41) is 4.42. The van der Waals surface area contributed by atoms with Gasteiger partial charge in [0.2, 0.25) is 0 Å². The number of hydrogen-bond acceptors (Lipinski definition) is 3. The molecule has 0 saturated carbocycles. The molecular formula is C17H11N3S2. The largest absolute Gasteiger partial charge is 0.361 e. The number of rotatable bonds is 2. The Morgan fingerprint density at radius 1 is 0.864 bits per heavy atom. The third-order valence-corrected chi connectivity index (χ3v) is 5.97. The second-order valence-corrected chi connectivity index (χ2v) is 6.90. The third kappa shape index (κ3) is 1.70. The minimum atomic E-state index is 0.951. The number of thiophene rings is 2. The summed E-state index contributed by atoms with van der Waals surface area (Å²) < 4.78 is 2.62. The molecule has 0 radical (unpaired) electrons. The lowest BCUT2D eigenvalue weighted by atomic mass is 10.2. The smallest absolute Gasteiger partial charge is 0.140 e. The van der Waals surface area contributed by atoms with Crippen molar-refractivity contribution in [3.8, 4) is 22.6 Å². The van der Waals surface area contributed by atoms with Gasteiger partial charge in [0.15, 0.2) is 0 Å². The second-order valence-electron chi connectivity index (χ2n) is 5.14. The van der Waals surface area contributed by atoms with Crippen LogP contribution in [-0.4, -0.2) is 15.0 Å². The Labute approximate surface area is 134 Å². The molecule has 0 bridgehead atoms. The zero-order valence-corrected chi connectivity index (χ0v) is 13.1. The number of fused-ring (bicyclic) bond motifs is 2. The highest BCUT2D eigenvalue weighted by molar-refractivity contribution is 7.27. The van der Waals surface area contributed by atoms with Crippen LogP contribution in [0.1, 0.15) is 0 Å². The fourth-order valence-electron chi connectivity index (χ4n) is 2.75. The summed E-state index contributed by atoms with van der Waals surface area (Å²) in [5.41, 5.74) is 5.73. The average molecular weight is 321 g/mol. The summed E-state index contributed by atoms with van der Waals surface area (Å²) in [5.74, 6) is 0.951. The van der Waals surface area contributed by atoms with Crippen molar-refractivity contribution in [2.45, 2.75) is 0 Å². The van der Waals surface area contributed by atoms with Crippen molar-refractivity contribution < 1.29 is 0 Å². The lowest BCUT2D eigenvalue weighted by Gasteiger charge is -1.91. The summed E-state index contributed by atoms with van der Waals surface area (Å²) in [6.07, 6.45) is 1.96. The van der Waals surface area contributed by atoms with Gasteiger partial charge >= 0.3 is 0 Å². The van der Waals surface area contributed by atoms with Crippen LogP contribution in [0.2, 0.25) is 0 Å². The molecule has 22 heavy (non-hydrogen) atoms. The number of imidazole rings is 1. The highest BCUT2D eigenvalue weighted by Gasteiger charge is 2.16. The zero-order valence-electron chi connectivity index (χ0n) is 11.5.